The van der Waals surface area contributed by atoms with Crippen LogP contribution in [-0.2, 0) is 17.1 Å². The normalized spacial score (nSPS) is 13.4. The van der Waals surface area contributed by atoms with Crippen LogP contribution in [-0.4, -0.2) is 29.8 Å². The molecule has 0 spiro atoms. The quantitative estimate of drug-likeness (QED) is 0.627. The molecule has 1 aliphatic rings. The van der Waals surface area contributed by atoms with E-state index in [1.807, 2.05) is 18.2 Å². The molecule has 0 saturated carbocycles. The zero-order valence-corrected chi connectivity index (χ0v) is 16.6. The number of hydrogen-bond donors (Lipinski definition) is 0. The number of rotatable bonds is 6. The number of nitrogens with zero attached hydrogens (tertiary/aromatic N) is 1. The van der Waals surface area contributed by atoms with Crippen LogP contribution in [0.25, 0.3) is 0 Å². The molecule has 0 unspecified atom stereocenters. The third-order valence-electron chi connectivity index (χ3n) is 3.75. The van der Waals surface area contributed by atoms with Gasteiger partial charge in [0.05, 0.1) is 19.2 Å². The number of hydrogen-bond acceptors (Lipinski definition) is 6. The van der Waals surface area contributed by atoms with Crippen LogP contribution < -0.4 is 4.74 Å². The number of carbonyl (C=O) groups excluding carboxylic acids is 1. The number of halogens is 1. The molecule has 136 valence electrons. The Morgan fingerprint density at radius 2 is 2.12 bits per heavy atom. The van der Waals surface area contributed by atoms with E-state index in [4.69, 9.17) is 21.1 Å². The lowest BCUT2D eigenvalue weighted by molar-refractivity contribution is 0.0469. The summed E-state index contributed by atoms with van der Waals surface area (Å²) in [4.78, 5) is 17.0. The van der Waals surface area contributed by atoms with Crippen molar-refractivity contribution < 1.29 is 14.3 Å². The molecule has 0 bridgehead atoms. The summed E-state index contributed by atoms with van der Waals surface area (Å²) in [6, 6.07) is 12.7. The van der Waals surface area contributed by atoms with Crippen LogP contribution in [0, 0.1) is 0 Å². The van der Waals surface area contributed by atoms with Crippen LogP contribution in [0.4, 0.5) is 0 Å². The molecule has 0 fully saturated rings. The Labute approximate surface area is 166 Å². The summed E-state index contributed by atoms with van der Waals surface area (Å²) >= 11 is 9.44. The number of ether oxygens (including phenoxy) is 2. The maximum absolute atomic E-state index is 12.6. The van der Waals surface area contributed by atoms with Crippen molar-refractivity contribution in [2.75, 3.05) is 19.4 Å². The average Bonchev–Trinajstić information content (AvgIpc) is 3.18. The number of carbonyl (C=O) groups is 1. The van der Waals surface area contributed by atoms with E-state index in [1.54, 1.807) is 54.9 Å². The van der Waals surface area contributed by atoms with Crippen molar-refractivity contribution in [3.63, 3.8) is 0 Å². The highest BCUT2D eigenvalue weighted by atomic mass is 35.5. The first-order valence-electron chi connectivity index (χ1n) is 8.05. The highest BCUT2D eigenvalue weighted by Crippen LogP contribution is 2.27. The summed E-state index contributed by atoms with van der Waals surface area (Å²) in [7, 11) is 1.57. The van der Waals surface area contributed by atoms with Gasteiger partial charge in [0.25, 0.3) is 0 Å². The molecule has 0 aromatic heterocycles. The van der Waals surface area contributed by atoms with E-state index in [9.17, 15) is 4.79 Å². The molecule has 7 heteroatoms. The van der Waals surface area contributed by atoms with Gasteiger partial charge in [-0.05, 0) is 29.8 Å². The highest BCUT2D eigenvalue weighted by molar-refractivity contribution is 8.38. The molecule has 1 aliphatic heterocycles. The molecule has 3 rings (SSSR count). The second-order valence-corrected chi connectivity index (χ2v) is 8.22. The second-order valence-electron chi connectivity index (χ2n) is 5.47. The summed E-state index contributed by atoms with van der Waals surface area (Å²) in [6.45, 7) is 0.977. The Bertz CT molecular complexity index is 826. The molecule has 1 heterocycles. The summed E-state index contributed by atoms with van der Waals surface area (Å²) < 4.78 is 11.9. The molecule has 26 heavy (non-hydrogen) atoms. The topological polar surface area (TPSA) is 47.9 Å². The maximum atomic E-state index is 12.6. The third-order valence-corrected chi connectivity index (χ3v) is 6.28. The summed E-state index contributed by atoms with van der Waals surface area (Å²) in [5, 5.41) is 0.573. The van der Waals surface area contributed by atoms with E-state index >= 15 is 0 Å². The first-order chi connectivity index (χ1) is 12.7. The molecular formula is C19H18ClNO3S2. The standard InChI is InChI=1S/C19H18ClNO3S2/c1-23-17-7-6-15(20)10-14(17)11-24-18(22)16-5-3-2-4-13(16)12-26-19-21-8-9-25-19/h2-7,10H,8-9,11-12H2,1H3. The molecular weight excluding hydrogens is 390 g/mol. The maximum Gasteiger partial charge on any atom is 0.338 e. The van der Waals surface area contributed by atoms with Crippen molar-refractivity contribution in [3.05, 3.63) is 64.2 Å². The fraction of sp³-hybridized carbons (Fsp3) is 0.263. The van der Waals surface area contributed by atoms with Crippen molar-refractivity contribution >= 4 is 45.5 Å². The van der Waals surface area contributed by atoms with Gasteiger partial charge in [-0.15, -0.1) is 0 Å². The monoisotopic (exact) mass is 407 g/mol. The van der Waals surface area contributed by atoms with Gasteiger partial charge in [-0.2, -0.15) is 0 Å². The lowest BCUT2D eigenvalue weighted by Gasteiger charge is -2.12. The molecule has 4 nitrogen and oxygen atoms in total. The van der Waals surface area contributed by atoms with Gasteiger partial charge in [-0.3, -0.25) is 4.99 Å². The Kier molecular flexibility index (Phi) is 6.88. The number of methoxy groups -OCH3 is 1. The Balaban J connectivity index is 1.67. The van der Waals surface area contributed by atoms with Crippen LogP contribution in [0.3, 0.4) is 0 Å². The highest BCUT2D eigenvalue weighted by Gasteiger charge is 2.16. The van der Waals surface area contributed by atoms with Gasteiger partial charge >= 0.3 is 5.97 Å². The van der Waals surface area contributed by atoms with E-state index in [2.05, 4.69) is 4.99 Å². The van der Waals surface area contributed by atoms with Gasteiger partial charge in [0.15, 0.2) is 0 Å². The molecule has 0 radical (unpaired) electrons. The predicted octanol–water partition coefficient (Wildman–Crippen LogP) is 5.04. The lowest BCUT2D eigenvalue weighted by Crippen LogP contribution is -2.09. The van der Waals surface area contributed by atoms with E-state index < -0.39 is 0 Å². The number of aliphatic imine (C=N–C) groups is 1. The molecule has 2 aromatic carbocycles. The third kappa shape index (κ3) is 4.96. The van der Waals surface area contributed by atoms with Crippen LogP contribution in [0.5, 0.6) is 5.75 Å². The van der Waals surface area contributed by atoms with Gasteiger partial charge in [0.2, 0.25) is 0 Å². The minimum absolute atomic E-state index is 0.104. The molecule has 0 saturated heterocycles. The molecule has 0 amide bonds. The first kappa shape index (κ1) is 19.1. The number of benzene rings is 2. The Hall–Kier alpha value is -1.63. The van der Waals surface area contributed by atoms with Crippen LogP contribution >= 0.6 is 35.1 Å². The zero-order valence-electron chi connectivity index (χ0n) is 14.2. The molecule has 0 N–H and O–H groups in total. The van der Waals surface area contributed by atoms with Gasteiger partial charge in [0.1, 0.15) is 16.7 Å². The van der Waals surface area contributed by atoms with Crippen molar-refractivity contribution in [2.24, 2.45) is 4.99 Å². The molecule has 0 aliphatic carbocycles. The van der Waals surface area contributed by atoms with Crippen molar-refractivity contribution in [3.8, 4) is 5.75 Å². The minimum Gasteiger partial charge on any atom is -0.496 e. The Morgan fingerprint density at radius 1 is 1.27 bits per heavy atom. The van der Waals surface area contributed by atoms with Gasteiger partial charge in [-0.25, -0.2) is 4.79 Å². The number of esters is 1. The average molecular weight is 408 g/mol. The van der Waals surface area contributed by atoms with Crippen LogP contribution in [0.1, 0.15) is 21.5 Å². The fourth-order valence-electron chi connectivity index (χ4n) is 2.47. The smallest absolute Gasteiger partial charge is 0.338 e. The van der Waals surface area contributed by atoms with E-state index in [-0.39, 0.29) is 12.6 Å². The predicted molar refractivity (Wildman–Crippen MR) is 110 cm³/mol. The molecule has 0 atom stereocenters. The molecule has 2 aromatic rings. The second kappa shape index (κ2) is 9.35. The summed E-state index contributed by atoms with van der Waals surface area (Å²) in [6.07, 6.45) is 0. The fourth-order valence-corrected chi connectivity index (χ4v) is 4.68. The van der Waals surface area contributed by atoms with E-state index in [0.29, 0.717) is 22.1 Å². The van der Waals surface area contributed by atoms with E-state index in [0.717, 1.165) is 27.8 Å². The van der Waals surface area contributed by atoms with Gasteiger partial charge in [-0.1, -0.05) is 53.3 Å². The lowest BCUT2D eigenvalue weighted by atomic mass is 10.1. The van der Waals surface area contributed by atoms with Crippen LogP contribution in [0.2, 0.25) is 5.02 Å². The minimum atomic E-state index is -0.357. The van der Waals surface area contributed by atoms with E-state index in [1.165, 1.54) is 0 Å². The SMILES string of the molecule is COc1ccc(Cl)cc1COC(=O)c1ccccc1CSC1=NCCS1. The summed E-state index contributed by atoms with van der Waals surface area (Å²) in [5.74, 6) is 2.01. The van der Waals surface area contributed by atoms with Crippen molar-refractivity contribution in [1.29, 1.82) is 0 Å². The Morgan fingerprint density at radius 3 is 2.88 bits per heavy atom. The van der Waals surface area contributed by atoms with Gasteiger partial charge in [0, 0.05) is 22.1 Å². The summed E-state index contributed by atoms with van der Waals surface area (Å²) in [5.41, 5.74) is 2.25. The first-order valence-corrected chi connectivity index (χ1v) is 10.4. The number of thioether (sulfide) groups is 2. The van der Waals surface area contributed by atoms with Gasteiger partial charge < -0.3 is 9.47 Å². The largest absolute Gasteiger partial charge is 0.496 e. The van der Waals surface area contributed by atoms with Crippen molar-refractivity contribution in [2.45, 2.75) is 12.4 Å². The van der Waals surface area contributed by atoms with Crippen LogP contribution in [0.15, 0.2) is 47.5 Å². The zero-order chi connectivity index (χ0) is 18.4. The van der Waals surface area contributed by atoms with Crippen molar-refractivity contribution in [1.82, 2.24) is 0 Å².